The molecule has 0 atom stereocenters. The molecule has 12 fully saturated rings. The van der Waals surface area contributed by atoms with Crippen LogP contribution >= 0.6 is 0 Å². The lowest BCUT2D eigenvalue weighted by atomic mass is 9.50. The van der Waals surface area contributed by atoms with E-state index in [1.165, 1.54) is 62.2 Å². The van der Waals surface area contributed by atoms with Crippen LogP contribution in [0.1, 0.15) is 122 Å². The molecule has 5 nitrogen and oxygen atoms in total. The van der Waals surface area contributed by atoms with Gasteiger partial charge >= 0.3 is 12.3 Å². The molecule has 0 radical (unpaired) electrons. The van der Waals surface area contributed by atoms with E-state index >= 15 is 0 Å². The van der Waals surface area contributed by atoms with Crippen molar-refractivity contribution in [3.8, 4) is 0 Å². The van der Waals surface area contributed by atoms with Gasteiger partial charge in [-0.2, -0.15) is 19.2 Å². The van der Waals surface area contributed by atoms with Crippen molar-refractivity contribution < 1.29 is 23.9 Å². The Morgan fingerprint density at radius 1 is 0.436 bits per heavy atom. The van der Waals surface area contributed by atoms with Crippen LogP contribution in [0.4, 0.5) is 0 Å². The van der Waals surface area contributed by atoms with Gasteiger partial charge in [-0.3, -0.25) is 0 Å². The van der Waals surface area contributed by atoms with Gasteiger partial charge in [0.1, 0.15) is 0 Å². The highest BCUT2D eigenvalue weighted by Crippen LogP contribution is 2.60. The van der Waals surface area contributed by atoms with Crippen LogP contribution in [0.25, 0.3) is 0 Å². The summed E-state index contributed by atoms with van der Waals surface area (Å²) in [6.07, 6.45) is 28.3. The lowest BCUT2D eigenvalue weighted by Crippen LogP contribution is -2.51. The summed E-state index contributed by atoms with van der Waals surface area (Å²) in [5.41, 5.74) is 1.14. The summed E-state index contributed by atoms with van der Waals surface area (Å²) in [7, 11) is 1.92. The van der Waals surface area contributed by atoms with Crippen molar-refractivity contribution in [3.63, 3.8) is 0 Å². The van der Waals surface area contributed by atoms with Crippen molar-refractivity contribution in [1.82, 2.24) is 0 Å². The number of methoxy groups -OCH3 is 1. The van der Waals surface area contributed by atoms with Crippen molar-refractivity contribution >= 4 is 12.3 Å². The van der Waals surface area contributed by atoms with Crippen LogP contribution in [0.15, 0.2) is 0 Å². The fourth-order valence-corrected chi connectivity index (χ4v) is 12.8. The number of ether oxygens (including phenoxy) is 1. The largest absolute Gasteiger partial charge is 0.378 e. The van der Waals surface area contributed by atoms with Gasteiger partial charge in [0, 0.05) is 7.11 Å². The molecule has 12 saturated carbocycles. The summed E-state index contributed by atoms with van der Waals surface area (Å²) in [5, 5.41) is 0. The van der Waals surface area contributed by atoms with Gasteiger partial charge < -0.3 is 4.74 Å². The summed E-state index contributed by atoms with van der Waals surface area (Å²) in [6.45, 7) is 2.54. The van der Waals surface area contributed by atoms with Gasteiger partial charge in [0.15, 0.2) is 0 Å². The van der Waals surface area contributed by atoms with Crippen LogP contribution in [-0.2, 0) is 23.9 Å². The normalized spacial score (nSPS) is 49.5. The monoisotopic (exact) mass is 540 g/mol. The third kappa shape index (κ3) is 6.97. The van der Waals surface area contributed by atoms with Gasteiger partial charge in [-0.15, -0.1) is 0 Å². The SMILES string of the molecule is C1C2CC3CC1CC(C2)C3.CC12CC3CC(CC(C3)C1)C2.COC12CC3CC(CC(C3)C1)C2.O=C=O.O=C=O. The summed E-state index contributed by atoms with van der Waals surface area (Å²) < 4.78 is 5.75. The summed E-state index contributed by atoms with van der Waals surface area (Å²) >= 11 is 0. The Morgan fingerprint density at radius 2 is 0.641 bits per heavy atom. The summed E-state index contributed by atoms with van der Waals surface area (Å²) in [4.78, 5) is 32.5. The molecule has 0 amide bonds. The number of carbonyl (C=O) groups excluding carboxylic acids is 4. The molecule has 12 bridgehead atoms. The second-order valence-electron chi connectivity index (χ2n) is 16.1. The molecule has 0 N–H and O–H groups in total. The van der Waals surface area contributed by atoms with E-state index in [0.717, 1.165) is 40.9 Å². The maximum Gasteiger partial charge on any atom is 0.373 e. The molecule has 12 aliphatic rings. The maximum atomic E-state index is 8.12. The Kier molecular flexibility index (Phi) is 9.22. The molecule has 5 heteroatoms. The molecule has 0 aromatic rings. The average Bonchev–Trinajstić information content (AvgIpc) is 2.83. The minimum absolute atomic E-state index is 0.250. The molecule has 39 heavy (non-hydrogen) atoms. The van der Waals surface area contributed by atoms with Crippen LogP contribution in [0, 0.1) is 64.6 Å². The van der Waals surface area contributed by atoms with E-state index in [9.17, 15) is 0 Å². The summed E-state index contributed by atoms with van der Waals surface area (Å²) in [6, 6.07) is 0. The van der Waals surface area contributed by atoms with E-state index in [-0.39, 0.29) is 12.3 Å². The first-order chi connectivity index (χ1) is 18.8. The first kappa shape index (κ1) is 29.2. The van der Waals surface area contributed by atoms with E-state index in [1.807, 2.05) is 7.11 Å². The second-order valence-corrected chi connectivity index (χ2v) is 16.1. The first-order valence-corrected chi connectivity index (χ1v) is 16.3. The fourth-order valence-electron chi connectivity index (χ4n) is 12.8. The van der Waals surface area contributed by atoms with Crippen LogP contribution in [-0.4, -0.2) is 25.0 Å². The highest BCUT2D eigenvalue weighted by molar-refractivity contribution is 5.20. The molecule has 0 saturated heterocycles. The third-order valence-electron chi connectivity index (χ3n) is 12.8. The lowest BCUT2D eigenvalue weighted by Gasteiger charge is -2.55. The van der Waals surface area contributed by atoms with Gasteiger partial charge in [0.05, 0.1) is 5.60 Å². The molecule has 0 heterocycles. The van der Waals surface area contributed by atoms with Crippen molar-refractivity contribution in [3.05, 3.63) is 0 Å². The van der Waals surface area contributed by atoms with Crippen molar-refractivity contribution in [2.75, 3.05) is 7.11 Å². The number of rotatable bonds is 1. The van der Waals surface area contributed by atoms with Crippen LogP contribution in [0.3, 0.4) is 0 Å². The Labute approximate surface area is 236 Å². The molecule has 0 aliphatic heterocycles. The van der Waals surface area contributed by atoms with E-state index < -0.39 is 0 Å². The molecule has 0 aromatic heterocycles. The van der Waals surface area contributed by atoms with Crippen molar-refractivity contribution in [2.24, 2.45) is 64.6 Å². The number of hydrogen-bond acceptors (Lipinski definition) is 5. The second kappa shape index (κ2) is 12.3. The zero-order valence-electron chi connectivity index (χ0n) is 24.5. The third-order valence-corrected chi connectivity index (χ3v) is 12.8. The predicted molar refractivity (Wildman–Crippen MR) is 146 cm³/mol. The Balaban J connectivity index is 0.000000108. The zero-order chi connectivity index (χ0) is 27.6. The highest BCUT2D eigenvalue weighted by Gasteiger charge is 2.51. The van der Waals surface area contributed by atoms with Gasteiger partial charge in [-0.05, 0) is 180 Å². The van der Waals surface area contributed by atoms with Crippen LogP contribution in [0.5, 0.6) is 0 Å². The molecule has 0 aromatic carbocycles. The minimum atomic E-state index is 0.250. The molecule has 0 unspecified atom stereocenters. The molecule has 218 valence electrons. The van der Waals surface area contributed by atoms with Crippen molar-refractivity contribution in [2.45, 2.75) is 128 Å². The van der Waals surface area contributed by atoms with Crippen LogP contribution in [0.2, 0.25) is 0 Å². The maximum absolute atomic E-state index is 8.12. The molecular weight excluding hydrogens is 488 g/mol. The standard InChI is InChI=1S/C11H18O.C11H18.C10H16.2CO2/c1-12-11-5-8-2-9(6-11)4-10(3-8)7-11;1-11-5-8-2-9(6-11)4-10(3-8)7-11;1-7-2-9-4-8(1)5-10(3-7)6-9;2*2-1-3/h8-10H,2-7H2,1H3;8-10H,2-7H2,1H3;7-10H,1-6H2;;. The van der Waals surface area contributed by atoms with E-state index in [0.29, 0.717) is 5.60 Å². The molecule has 0 spiro atoms. The first-order valence-electron chi connectivity index (χ1n) is 16.3. The fraction of sp³-hybridized carbons (Fsp3) is 0.941. The average molecular weight is 541 g/mol. The predicted octanol–water partition coefficient (Wildman–Crippen LogP) is 7.49. The van der Waals surface area contributed by atoms with Gasteiger partial charge in [0.25, 0.3) is 0 Å². The Hall–Kier alpha value is -1.28. The van der Waals surface area contributed by atoms with Gasteiger partial charge in [-0.1, -0.05) is 6.92 Å². The van der Waals surface area contributed by atoms with Crippen molar-refractivity contribution in [1.29, 1.82) is 0 Å². The molecular formula is C34H52O5. The molecule has 12 rings (SSSR count). The van der Waals surface area contributed by atoms with Gasteiger partial charge in [0.2, 0.25) is 0 Å². The van der Waals surface area contributed by atoms with E-state index in [1.54, 1.807) is 77.0 Å². The topological polar surface area (TPSA) is 77.5 Å². The minimum Gasteiger partial charge on any atom is -0.378 e. The Morgan fingerprint density at radius 3 is 0.846 bits per heavy atom. The van der Waals surface area contributed by atoms with E-state index in [2.05, 4.69) is 6.92 Å². The van der Waals surface area contributed by atoms with Crippen LogP contribution < -0.4 is 0 Å². The lowest BCUT2D eigenvalue weighted by molar-refractivity contribution is -0.193. The smallest absolute Gasteiger partial charge is 0.373 e. The number of hydrogen-bond donors (Lipinski definition) is 0. The zero-order valence-corrected chi connectivity index (χ0v) is 24.5. The summed E-state index contributed by atoms with van der Waals surface area (Å²) in [5.74, 6) is 11.2. The highest BCUT2D eigenvalue weighted by atomic mass is 16.5. The molecule has 12 aliphatic carbocycles. The van der Waals surface area contributed by atoms with E-state index in [4.69, 9.17) is 23.9 Å². The van der Waals surface area contributed by atoms with Gasteiger partial charge in [-0.25, -0.2) is 0 Å². The quantitative estimate of drug-likeness (QED) is 0.344. The Bertz CT molecular complexity index is 756.